The smallest absolute Gasteiger partial charge is 0.230 e. The molecule has 2 aromatic rings. The maximum absolute atomic E-state index is 12.7. The number of carbonyl (C=O) groups excluding carboxylic acids is 2. The van der Waals surface area contributed by atoms with Crippen LogP contribution < -0.4 is 5.32 Å². The number of anilines is 1. The average molecular weight is 293 g/mol. The Hall–Kier alpha value is -2.88. The summed E-state index contributed by atoms with van der Waals surface area (Å²) in [5.74, 6) is -0.423. The molecule has 4 heteroatoms. The number of carbonyl (C=O) groups is 2. The van der Waals surface area contributed by atoms with Crippen LogP contribution in [-0.2, 0) is 4.74 Å². The van der Waals surface area contributed by atoms with Gasteiger partial charge in [0.05, 0.1) is 6.61 Å². The minimum Gasteiger partial charge on any atom is -0.488 e. The Morgan fingerprint density at radius 3 is 2.09 bits per heavy atom. The summed E-state index contributed by atoms with van der Waals surface area (Å²) in [4.78, 5) is 25.3. The quantitative estimate of drug-likeness (QED) is 0.938. The maximum Gasteiger partial charge on any atom is 0.230 e. The zero-order valence-electron chi connectivity index (χ0n) is 12.1. The van der Waals surface area contributed by atoms with E-state index in [1.807, 2.05) is 30.3 Å². The molecule has 0 saturated carbocycles. The van der Waals surface area contributed by atoms with Crippen molar-refractivity contribution in [3.8, 4) is 0 Å². The minimum absolute atomic E-state index is 0.0788. The first-order valence-electron chi connectivity index (χ1n) is 7.10. The number of hydrogen-bond acceptors (Lipinski definition) is 4. The van der Waals surface area contributed by atoms with Crippen LogP contribution in [0.5, 0.6) is 0 Å². The van der Waals surface area contributed by atoms with Gasteiger partial charge in [-0.2, -0.15) is 0 Å². The van der Waals surface area contributed by atoms with Crippen LogP contribution >= 0.6 is 0 Å². The molecule has 0 spiro atoms. The molecule has 0 bridgehead atoms. The second-order valence-corrected chi connectivity index (χ2v) is 4.83. The fourth-order valence-corrected chi connectivity index (χ4v) is 2.41. The van der Waals surface area contributed by atoms with E-state index >= 15 is 0 Å². The molecule has 1 N–H and O–H groups in total. The van der Waals surface area contributed by atoms with Gasteiger partial charge in [-0.25, -0.2) is 0 Å². The zero-order chi connectivity index (χ0) is 15.5. The Morgan fingerprint density at radius 2 is 1.45 bits per heavy atom. The monoisotopic (exact) mass is 293 g/mol. The second-order valence-electron chi connectivity index (χ2n) is 4.83. The molecule has 0 saturated heterocycles. The summed E-state index contributed by atoms with van der Waals surface area (Å²) in [7, 11) is 0. The lowest BCUT2D eigenvalue weighted by molar-refractivity contribution is 0.0882. The molecule has 0 heterocycles. The third-order valence-electron chi connectivity index (χ3n) is 3.41. The molecule has 0 atom stereocenters. The number of allylic oxidation sites excluding steroid dienone is 2. The standard InChI is InChI=1S/C18H15NO3/c1-2-22-18-15(19-12-8-4-3-5-9-12)16(20)13-10-6-7-11-14(13)17(18)21/h3-11,19H,2H2,1H3. The molecule has 110 valence electrons. The topological polar surface area (TPSA) is 55.4 Å². The lowest BCUT2D eigenvalue weighted by Gasteiger charge is -2.21. The summed E-state index contributed by atoms with van der Waals surface area (Å²) in [6, 6.07) is 16.0. The molecule has 1 aliphatic carbocycles. The molecule has 0 unspecified atom stereocenters. The summed E-state index contributed by atoms with van der Waals surface area (Å²) in [5.41, 5.74) is 1.70. The highest BCUT2D eigenvalue weighted by Crippen LogP contribution is 2.27. The van der Waals surface area contributed by atoms with Crippen molar-refractivity contribution in [2.24, 2.45) is 0 Å². The van der Waals surface area contributed by atoms with E-state index in [2.05, 4.69) is 5.32 Å². The zero-order valence-corrected chi connectivity index (χ0v) is 12.1. The van der Waals surface area contributed by atoms with Crippen molar-refractivity contribution in [2.75, 3.05) is 11.9 Å². The molecule has 0 aromatic heterocycles. The molecular formula is C18H15NO3. The van der Waals surface area contributed by atoms with E-state index in [4.69, 9.17) is 4.74 Å². The predicted molar refractivity (Wildman–Crippen MR) is 83.8 cm³/mol. The molecule has 3 rings (SSSR count). The first-order valence-corrected chi connectivity index (χ1v) is 7.10. The Bertz CT molecular complexity index is 763. The van der Waals surface area contributed by atoms with Crippen LogP contribution in [0.4, 0.5) is 5.69 Å². The molecule has 0 radical (unpaired) electrons. The third kappa shape index (κ3) is 2.39. The minimum atomic E-state index is -0.268. The molecule has 0 aliphatic heterocycles. The SMILES string of the molecule is CCOC1=C(Nc2ccccc2)C(=O)c2ccccc2C1=O. The molecule has 1 aliphatic rings. The average Bonchev–Trinajstić information content (AvgIpc) is 2.57. The van der Waals surface area contributed by atoms with E-state index in [0.717, 1.165) is 5.69 Å². The molecule has 0 fully saturated rings. The first-order chi connectivity index (χ1) is 10.7. The van der Waals surface area contributed by atoms with Crippen LogP contribution in [0.1, 0.15) is 27.6 Å². The largest absolute Gasteiger partial charge is 0.488 e. The first kappa shape index (κ1) is 14.1. The van der Waals surface area contributed by atoms with E-state index < -0.39 is 0 Å². The molecular weight excluding hydrogens is 278 g/mol. The predicted octanol–water partition coefficient (Wildman–Crippen LogP) is 3.43. The van der Waals surface area contributed by atoms with Gasteiger partial charge >= 0.3 is 0 Å². The van der Waals surface area contributed by atoms with Crippen molar-refractivity contribution in [3.63, 3.8) is 0 Å². The number of hydrogen-bond donors (Lipinski definition) is 1. The number of ketones is 2. The van der Waals surface area contributed by atoms with E-state index in [1.54, 1.807) is 31.2 Å². The van der Waals surface area contributed by atoms with Gasteiger partial charge in [0, 0.05) is 16.8 Å². The normalized spacial score (nSPS) is 13.9. The molecule has 0 amide bonds. The summed E-state index contributed by atoms with van der Waals surface area (Å²) in [6.45, 7) is 2.10. The van der Waals surface area contributed by atoms with Crippen LogP contribution in [-0.4, -0.2) is 18.2 Å². The van der Waals surface area contributed by atoms with E-state index in [0.29, 0.717) is 17.7 Å². The van der Waals surface area contributed by atoms with Gasteiger partial charge in [0.15, 0.2) is 5.76 Å². The number of nitrogens with one attached hydrogen (secondary N) is 1. The lowest BCUT2D eigenvalue weighted by Crippen LogP contribution is -2.27. The Labute approximate surface area is 128 Å². The highest BCUT2D eigenvalue weighted by Gasteiger charge is 2.33. The van der Waals surface area contributed by atoms with Gasteiger partial charge in [-0.05, 0) is 19.1 Å². The Kier molecular flexibility index (Phi) is 3.74. The number of para-hydroxylation sites is 1. The van der Waals surface area contributed by atoms with Crippen LogP contribution in [0.3, 0.4) is 0 Å². The van der Waals surface area contributed by atoms with Gasteiger partial charge in [0.2, 0.25) is 11.6 Å². The number of rotatable bonds is 4. The van der Waals surface area contributed by atoms with E-state index in [9.17, 15) is 9.59 Å². The van der Waals surface area contributed by atoms with Gasteiger partial charge in [0.25, 0.3) is 0 Å². The Morgan fingerprint density at radius 1 is 0.864 bits per heavy atom. The Balaban J connectivity index is 2.09. The lowest BCUT2D eigenvalue weighted by atomic mass is 9.91. The fourth-order valence-electron chi connectivity index (χ4n) is 2.41. The second kappa shape index (κ2) is 5.85. The highest BCUT2D eigenvalue weighted by atomic mass is 16.5. The maximum atomic E-state index is 12.7. The summed E-state index contributed by atoms with van der Waals surface area (Å²) in [5, 5.41) is 3.02. The van der Waals surface area contributed by atoms with Gasteiger partial charge in [-0.3, -0.25) is 9.59 Å². The van der Waals surface area contributed by atoms with Crippen molar-refractivity contribution in [3.05, 3.63) is 77.2 Å². The highest BCUT2D eigenvalue weighted by molar-refractivity contribution is 6.27. The number of benzene rings is 2. The van der Waals surface area contributed by atoms with Crippen LogP contribution in [0.2, 0.25) is 0 Å². The van der Waals surface area contributed by atoms with Gasteiger partial charge in [0.1, 0.15) is 5.70 Å². The number of Topliss-reactive ketones (excluding diaryl/α,β-unsaturated/α-hetero) is 2. The van der Waals surface area contributed by atoms with Crippen molar-refractivity contribution < 1.29 is 14.3 Å². The van der Waals surface area contributed by atoms with E-state index in [-0.39, 0.29) is 23.0 Å². The van der Waals surface area contributed by atoms with Crippen molar-refractivity contribution in [2.45, 2.75) is 6.92 Å². The summed E-state index contributed by atoms with van der Waals surface area (Å²) in [6.07, 6.45) is 0. The molecule has 4 nitrogen and oxygen atoms in total. The van der Waals surface area contributed by atoms with Crippen molar-refractivity contribution in [1.82, 2.24) is 0 Å². The van der Waals surface area contributed by atoms with Gasteiger partial charge < -0.3 is 10.1 Å². The van der Waals surface area contributed by atoms with Gasteiger partial charge in [-0.15, -0.1) is 0 Å². The number of fused-ring (bicyclic) bond motifs is 1. The van der Waals surface area contributed by atoms with Crippen LogP contribution in [0, 0.1) is 0 Å². The van der Waals surface area contributed by atoms with Crippen molar-refractivity contribution >= 4 is 17.3 Å². The van der Waals surface area contributed by atoms with Crippen LogP contribution in [0.25, 0.3) is 0 Å². The summed E-state index contributed by atoms with van der Waals surface area (Å²) >= 11 is 0. The fraction of sp³-hybridized carbons (Fsp3) is 0.111. The summed E-state index contributed by atoms with van der Waals surface area (Å²) < 4.78 is 5.45. The molecule has 22 heavy (non-hydrogen) atoms. The van der Waals surface area contributed by atoms with E-state index in [1.165, 1.54) is 0 Å². The van der Waals surface area contributed by atoms with Crippen LogP contribution in [0.15, 0.2) is 66.1 Å². The third-order valence-corrected chi connectivity index (χ3v) is 3.41. The van der Waals surface area contributed by atoms with Crippen molar-refractivity contribution in [1.29, 1.82) is 0 Å². The van der Waals surface area contributed by atoms with Gasteiger partial charge in [-0.1, -0.05) is 42.5 Å². The molecule has 2 aromatic carbocycles. The number of ether oxygens (including phenoxy) is 1.